The lowest BCUT2D eigenvalue weighted by molar-refractivity contribution is -0.193. The Morgan fingerprint density at radius 3 is 1.96 bits per heavy atom. The van der Waals surface area contributed by atoms with E-state index in [-0.39, 0.29) is 17.9 Å². The number of aliphatic hydroxyl groups is 1. The number of sulfonamides is 2. The first-order valence-corrected chi connectivity index (χ1v) is 14.5. The van der Waals surface area contributed by atoms with Gasteiger partial charge < -0.3 is 31.7 Å². The van der Waals surface area contributed by atoms with Crippen molar-refractivity contribution in [2.75, 3.05) is 37.6 Å². The number of carboxylic acids is 2. The molecule has 0 saturated heterocycles. The fourth-order valence-electron chi connectivity index (χ4n) is 3.11. The van der Waals surface area contributed by atoms with E-state index in [4.69, 9.17) is 36.4 Å². The largest absolute Gasteiger partial charge is 0.490 e. The summed E-state index contributed by atoms with van der Waals surface area (Å²) >= 11 is 0. The number of aliphatic hydroxyl groups excluding tert-OH is 1. The van der Waals surface area contributed by atoms with Crippen LogP contribution in [0.3, 0.4) is 0 Å². The number of halogens is 6. The third-order valence-electron chi connectivity index (χ3n) is 5.11. The Kier molecular flexibility index (Phi) is 13.3. The summed E-state index contributed by atoms with van der Waals surface area (Å²) in [5.74, 6) is -5.67. The van der Waals surface area contributed by atoms with Crippen molar-refractivity contribution in [3.05, 3.63) is 23.8 Å². The second-order valence-corrected chi connectivity index (χ2v) is 11.6. The molecule has 0 saturated carbocycles. The average Bonchev–Trinajstić information content (AvgIpc) is 3.62. The lowest BCUT2D eigenvalue weighted by Crippen LogP contribution is -2.37. The van der Waals surface area contributed by atoms with E-state index in [1.54, 1.807) is 4.90 Å². The van der Waals surface area contributed by atoms with Crippen molar-refractivity contribution in [2.45, 2.75) is 28.2 Å². The number of aliphatic carboxylic acids is 2. The molecule has 1 aromatic heterocycles. The van der Waals surface area contributed by atoms with E-state index >= 15 is 0 Å². The van der Waals surface area contributed by atoms with Crippen molar-refractivity contribution in [1.29, 1.82) is 0 Å². The van der Waals surface area contributed by atoms with Crippen LogP contribution >= 0.6 is 0 Å². The van der Waals surface area contributed by atoms with E-state index in [1.807, 2.05) is 6.08 Å². The highest BCUT2D eigenvalue weighted by molar-refractivity contribution is 7.92. The molecule has 0 bridgehead atoms. The summed E-state index contributed by atoms with van der Waals surface area (Å²) in [5.41, 5.74) is 12.1. The second-order valence-electron chi connectivity index (χ2n) is 8.36. The molecule has 11 N–H and O–H groups in total. The number of rotatable bonds is 9. The van der Waals surface area contributed by atoms with Crippen LogP contribution in [0.5, 0.6) is 0 Å². The lowest BCUT2D eigenvalue weighted by atomic mass is 10.1. The number of hydrogen-bond donors (Lipinski definition) is 8. The lowest BCUT2D eigenvalue weighted by Gasteiger charge is -2.24. The number of anilines is 1. The molecule has 0 radical (unpaired) electrons. The van der Waals surface area contributed by atoms with Gasteiger partial charge in [0.15, 0.2) is 0 Å². The van der Waals surface area contributed by atoms with Crippen molar-refractivity contribution >= 4 is 37.7 Å². The zero-order valence-corrected chi connectivity index (χ0v) is 23.9. The number of benzene rings is 1. The number of aromatic amines is 1. The van der Waals surface area contributed by atoms with Crippen LogP contribution in [-0.4, -0.2) is 116 Å². The molecule has 1 aromatic carbocycles. The molecule has 0 spiro atoms. The number of primary sulfonamides is 1. The summed E-state index contributed by atoms with van der Waals surface area (Å²) < 4.78 is 117. The molecule has 1 aliphatic heterocycles. The first-order chi connectivity index (χ1) is 20.5. The quantitative estimate of drug-likeness (QED) is 0.104. The van der Waals surface area contributed by atoms with E-state index in [1.165, 1.54) is 6.07 Å². The Labute approximate surface area is 249 Å². The standard InChI is InChI=1S/C15H23N9O5S2.2C2HF3O2/c16-5-9-3-4-24(8-9)11-1-2-12(31(28,29)19-7-10(25)6-17)14(30(18,26)27)13(11)15-20-22-23-21-15;2*3-2(4,5)1(6)7/h1-3,10,19,25H,4-8,16-17H2,(H2,18,26,27)(H,20,21,22,23);2*(H,6,7). The number of nitrogens with two attached hydrogens (primary N) is 3. The van der Waals surface area contributed by atoms with Gasteiger partial charge >= 0.3 is 24.3 Å². The van der Waals surface area contributed by atoms with E-state index in [0.29, 0.717) is 25.3 Å². The molecule has 2 aromatic rings. The molecule has 0 aliphatic carbocycles. The SMILES string of the molecule is NCC1=CCN(c2ccc(S(=O)(=O)NCC(O)CN)c(S(N)(=O)=O)c2-c2nn[nH]n2)C1.O=C(O)C(F)(F)F.O=C(O)C(F)(F)F. The monoisotopic (exact) mass is 701 g/mol. The van der Waals surface area contributed by atoms with E-state index in [2.05, 4.69) is 25.3 Å². The van der Waals surface area contributed by atoms with E-state index in [0.717, 1.165) is 11.6 Å². The highest BCUT2D eigenvalue weighted by Crippen LogP contribution is 2.39. The van der Waals surface area contributed by atoms with Crippen LogP contribution in [0.2, 0.25) is 0 Å². The topological polar surface area (TPSA) is 311 Å². The fourth-order valence-corrected chi connectivity index (χ4v) is 5.77. The van der Waals surface area contributed by atoms with Gasteiger partial charge in [-0.1, -0.05) is 6.08 Å². The second kappa shape index (κ2) is 15.4. The first-order valence-electron chi connectivity index (χ1n) is 11.5. The van der Waals surface area contributed by atoms with Gasteiger partial charge in [-0.2, -0.15) is 31.6 Å². The van der Waals surface area contributed by atoms with Crippen LogP contribution in [0, 0.1) is 0 Å². The normalized spacial score (nSPS) is 14.4. The number of H-pyrrole nitrogens is 1. The van der Waals surface area contributed by atoms with E-state index < -0.39 is 66.8 Å². The molecular weight excluding hydrogens is 676 g/mol. The summed E-state index contributed by atoms with van der Waals surface area (Å²) in [7, 11) is -9.00. The molecule has 18 nitrogen and oxygen atoms in total. The van der Waals surface area contributed by atoms with Crippen molar-refractivity contribution in [1.82, 2.24) is 25.3 Å². The van der Waals surface area contributed by atoms with Crippen molar-refractivity contribution in [3.63, 3.8) is 0 Å². The molecule has 1 unspecified atom stereocenters. The van der Waals surface area contributed by atoms with Gasteiger partial charge in [0.25, 0.3) is 0 Å². The number of nitrogens with zero attached hydrogens (tertiary/aromatic N) is 4. The molecule has 254 valence electrons. The third kappa shape index (κ3) is 11.5. The summed E-state index contributed by atoms with van der Waals surface area (Å²) in [6, 6.07) is 2.55. The molecule has 2 heterocycles. The fraction of sp³-hybridized carbons (Fsp3) is 0.421. The van der Waals surface area contributed by atoms with Gasteiger partial charge in [0.1, 0.15) is 9.79 Å². The number of hydrogen-bond acceptors (Lipinski definition) is 13. The average molecular weight is 702 g/mol. The zero-order valence-electron chi connectivity index (χ0n) is 22.2. The molecule has 45 heavy (non-hydrogen) atoms. The maximum absolute atomic E-state index is 12.9. The molecule has 1 aliphatic rings. The molecule has 0 amide bonds. The summed E-state index contributed by atoms with van der Waals surface area (Å²) in [6.07, 6.45) is -9.44. The highest BCUT2D eigenvalue weighted by atomic mass is 32.2. The molecule has 1 atom stereocenters. The number of tetrazole rings is 1. The number of carbonyl (C=O) groups is 2. The van der Waals surface area contributed by atoms with Gasteiger partial charge in [0, 0.05) is 38.4 Å². The Bertz CT molecular complexity index is 1560. The maximum atomic E-state index is 12.9. The van der Waals surface area contributed by atoms with Crippen molar-refractivity contribution in [3.8, 4) is 11.4 Å². The maximum Gasteiger partial charge on any atom is 0.490 e. The minimum atomic E-state index is -5.08. The smallest absolute Gasteiger partial charge is 0.475 e. The summed E-state index contributed by atoms with van der Waals surface area (Å²) in [5, 5.41) is 42.6. The first kappa shape index (κ1) is 39.1. The van der Waals surface area contributed by atoms with Crippen LogP contribution in [0.25, 0.3) is 11.4 Å². The Morgan fingerprint density at radius 1 is 1.04 bits per heavy atom. The minimum absolute atomic E-state index is 0.120. The minimum Gasteiger partial charge on any atom is -0.475 e. The number of nitrogens with one attached hydrogen (secondary N) is 2. The van der Waals surface area contributed by atoms with Gasteiger partial charge in [-0.15, -0.1) is 10.2 Å². The van der Waals surface area contributed by atoms with Crippen molar-refractivity contribution in [2.24, 2.45) is 16.6 Å². The Hall–Kier alpha value is -3.95. The van der Waals surface area contributed by atoms with Gasteiger partial charge in [-0.05, 0) is 22.9 Å². The Balaban J connectivity index is 0.000000601. The van der Waals surface area contributed by atoms with Crippen LogP contribution in [0.15, 0.2) is 33.6 Å². The van der Waals surface area contributed by atoms with Crippen molar-refractivity contribution < 1.29 is 68.1 Å². The highest BCUT2D eigenvalue weighted by Gasteiger charge is 2.39. The van der Waals surface area contributed by atoms with Gasteiger partial charge in [-0.25, -0.2) is 36.3 Å². The van der Waals surface area contributed by atoms with Gasteiger partial charge in [-0.3, -0.25) is 0 Å². The number of carboxylic acid groups (broad SMARTS) is 2. The van der Waals surface area contributed by atoms with Crippen LogP contribution in [0.1, 0.15) is 0 Å². The third-order valence-corrected chi connectivity index (χ3v) is 7.69. The predicted molar refractivity (Wildman–Crippen MR) is 138 cm³/mol. The summed E-state index contributed by atoms with van der Waals surface area (Å²) in [4.78, 5) is 18.3. The van der Waals surface area contributed by atoms with Gasteiger partial charge in [0.05, 0.1) is 11.7 Å². The molecule has 26 heteroatoms. The number of aromatic nitrogens is 4. The van der Waals surface area contributed by atoms with E-state index in [9.17, 15) is 48.3 Å². The Morgan fingerprint density at radius 2 is 1.58 bits per heavy atom. The van der Waals surface area contributed by atoms with Crippen LogP contribution < -0.4 is 26.2 Å². The molecular formula is C19H25F6N9O9S2. The molecule has 3 rings (SSSR count). The van der Waals surface area contributed by atoms with Crippen LogP contribution in [-0.2, 0) is 29.6 Å². The predicted octanol–water partition coefficient (Wildman–Crippen LogP) is -1.92. The molecule has 0 fully saturated rings. The zero-order chi connectivity index (χ0) is 35.0. The van der Waals surface area contributed by atoms with Gasteiger partial charge in [0.2, 0.25) is 25.9 Å². The number of alkyl halides is 6. The van der Waals surface area contributed by atoms with Crippen LogP contribution in [0.4, 0.5) is 32.0 Å². The summed E-state index contributed by atoms with van der Waals surface area (Å²) in [6.45, 7) is 0.518.